The van der Waals surface area contributed by atoms with Crippen LogP contribution in [0.2, 0.25) is 5.02 Å². The largest absolute Gasteiger partial charge is 0.465 e. The van der Waals surface area contributed by atoms with Crippen LogP contribution < -0.4 is 0 Å². The molecule has 0 bridgehead atoms. The Kier molecular flexibility index (Phi) is 6.58. The number of hydrogen-bond donors (Lipinski definition) is 1. The molecule has 1 unspecified atom stereocenters. The third kappa shape index (κ3) is 4.55. The van der Waals surface area contributed by atoms with Crippen LogP contribution in [0.4, 0.5) is 4.79 Å². The number of halogens is 1. The fraction of sp³-hybridized carbons (Fsp3) is 0.452. The van der Waals surface area contributed by atoms with Crippen molar-refractivity contribution in [3.63, 3.8) is 0 Å². The van der Waals surface area contributed by atoms with E-state index < -0.39 is 22.7 Å². The number of benzene rings is 2. The maximum atomic E-state index is 14.0. The Balaban J connectivity index is 1.31. The zero-order valence-corrected chi connectivity index (χ0v) is 24.2. The summed E-state index contributed by atoms with van der Waals surface area (Å²) in [5, 5.41) is 11.1. The summed E-state index contributed by atoms with van der Waals surface area (Å²) >= 11 is 6.42. The van der Waals surface area contributed by atoms with E-state index in [2.05, 4.69) is 0 Å². The molecule has 1 aromatic heterocycles. The van der Waals surface area contributed by atoms with Crippen molar-refractivity contribution in [1.29, 1.82) is 0 Å². The third-order valence-electron chi connectivity index (χ3n) is 9.11. The molecule has 1 N–H and O–H groups in total. The number of rotatable bonds is 3. The molecule has 216 valence electrons. The first-order valence-electron chi connectivity index (χ1n) is 14.0. The molecule has 2 aromatic carbocycles. The van der Waals surface area contributed by atoms with Gasteiger partial charge in [0.25, 0.3) is 5.91 Å². The molecule has 3 aliphatic heterocycles. The number of ether oxygens (including phenoxy) is 2. The molecule has 2 amide bonds. The monoisotopic (exact) mass is 579 g/mol. The van der Waals surface area contributed by atoms with E-state index in [1.54, 1.807) is 12.1 Å². The van der Waals surface area contributed by atoms with E-state index in [-0.39, 0.29) is 18.4 Å². The van der Waals surface area contributed by atoms with Crippen molar-refractivity contribution < 1.29 is 29.0 Å². The Labute approximate surface area is 243 Å². The molecule has 9 nitrogen and oxygen atoms in total. The fourth-order valence-electron chi connectivity index (χ4n) is 6.53. The van der Waals surface area contributed by atoms with Crippen LogP contribution >= 0.6 is 11.6 Å². The number of carbonyl (C=O) groups is 3. The number of carboxylic acid groups (broad SMARTS) is 1. The van der Waals surface area contributed by atoms with Crippen molar-refractivity contribution >= 4 is 40.5 Å². The topological polar surface area (TPSA) is 101 Å². The van der Waals surface area contributed by atoms with Crippen molar-refractivity contribution in [2.75, 3.05) is 32.8 Å². The molecule has 1 atom stereocenters. The predicted molar refractivity (Wildman–Crippen MR) is 153 cm³/mol. The number of esters is 1. The van der Waals surface area contributed by atoms with Crippen molar-refractivity contribution in [3.05, 3.63) is 70.4 Å². The molecular weight excluding hydrogens is 546 g/mol. The van der Waals surface area contributed by atoms with Crippen molar-refractivity contribution in [1.82, 2.24) is 14.4 Å². The first-order valence-corrected chi connectivity index (χ1v) is 14.3. The first-order chi connectivity index (χ1) is 19.4. The van der Waals surface area contributed by atoms with Crippen LogP contribution in [0, 0.1) is 5.41 Å². The van der Waals surface area contributed by atoms with Crippen molar-refractivity contribution in [2.45, 2.75) is 51.4 Å². The maximum Gasteiger partial charge on any atom is 0.407 e. The van der Waals surface area contributed by atoms with Gasteiger partial charge in [-0.1, -0.05) is 56.6 Å². The molecule has 1 spiro atoms. The van der Waals surface area contributed by atoms with E-state index in [9.17, 15) is 19.5 Å². The van der Waals surface area contributed by atoms with E-state index >= 15 is 0 Å². The van der Waals surface area contributed by atoms with Crippen LogP contribution in [0.25, 0.3) is 10.9 Å². The minimum atomic E-state index is -0.975. The molecule has 6 rings (SSSR count). The number of nitrogens with zero attached hydrogens (tertiary/aromatic N) is 3. The SMILES string of the molecule is CC(C)(C)C1(Cn2cc(C(=O)N3CCC4(CC3)OC(=O)c3ccccc34)c3ccc(Cl)cc32)CN(C(=O)O)CCO1. The van der Waals surface area contributed by atoms with Gasteiger partial charge in [-0.05, 0) is 23.6 Å². The van der Waals surface area contributed by atoms with Crippen LogP contribution in [0.3, 0.4) is 0 Å². The smallest absolute Gasteiger partial charge is 0.407 e. The van der Waals surface area contributed by atoms with Gasteiger partial charge >= 0.3 is 12.1 Å². The average Bonchev–Trinajstić information content (AvgIpc) is 3.42. The van der Waals surface area contributed by atoms with Gasteiger partial charge in [0.15, 0.2) is 0 Å². The third-order valence-corrected chi connectivity index (χ3v) is 9.34. The van der Waals surface area contributed by atoms with Gasteiger partial charge in [0.05, 0.1) is 36.3 Å². The zero-order valence-electron chi connectivity index (χ0n) is 23.5. The van der Waals surface area contributed by atoms with Crippen LogP contribution in [-0.4, -0.2) is 75.8 Å². The molecular formula is C31H34ClN3O6. The first kappa shape index (κ1) is 27.6. The molecule has 0 radical (unpaired) electrons. The highest BCUT2D eigenvalue weighted by atomic mass is 35.5. The van der Waals surface area contributed by atoms with Gasteiger partial charge in [-0.15, -0.1) is 0 Å². The molecule has 3 aliphatic rings. The van der Waals surface area contributed by atoms with Gasteiger partial charge in [0.2, 0.25) is 0 Å². The highest BCUT2D eigenvalue weighted by molar-refractivity contribution is 6.31. The quantitative estimate of drug-likeness (QED) is 0.417. The summed E-state index contributed by atoms with van der Waals surface area (Å²) in [6.45, 7) is 8.18. The second kappa shape index (κ2) is 9.77. The summed E-state index contributed by atoms with van der Waals surface area (Å²) in [6, 6.07) is 12.9. The van der Waals surface area contributed by atoms with Crippen LogP contribution in [0.1, 0.15) is 59.9 Å². The summed E-state index contributed by atoms with van der Waals surface area (Å²) < 4.78 is 14.2. The molecule has 2 saturated heterocycles. The highest BCUT2D eigenvalue weighted by Gasteiger charge is 2.49. The number of carbonyl (C=O) groups excluding carboxylic acids is 2. The Hall–Kier alpha value is -3.56. The minimum Gasteiger partial charge on any atom is -0.465 e. The normalized spacial score (nSPS) is 22.2. The minimum absolute atomic E-state index is 0.106. The maximum absolute atomic E-state index is 14.0. The van der Waals surface area contributed by atoms with Crippen LogP contribution in [0.5, 0.6) is 0 Å². The number of hydrogen-bond acceptors (Lipinski definition) is 5. The van der Waals surface area contributed by atoms with Gasteiger partial charge < -0.3 is 28.9 Å². The van der Waals surface area contributed by atoms with E-state index in [1.165, 1.54) is 4.90 Å². The van der Waals surface area contributed by atoms with Gasteiger partial charge in [0, 0.05) is 54.6 Å². The van der Waals surface area contributed by atoms with Gasteiger partial charge in [-0.3, -0.25) is 4.79 Å². The van der Waals surface area contributed by atoms with E-state index in [0.717, 1.165) is 16.5 Å². The number of morpholine rings is 1. The van der Waals surface area contributed by atoms with E-state index in [0.29, 0.717) is 61.8 Å². The van der Waals surface area contributed by atoms with Gasteiger partial charge in [-0.2, -0.15) is 0 Å². The summed E-state index contributed by atoms with van der Waals surface area (Å²) in [5.74, 6) is -0.412. The lowest BCUT2D eigenvalue weighted by atomic mass is 9.75. The average molecular weight is 580 g/mol. The predicted octanol–water partition coefficient (Wildman–Crippen LogP) is 5.39. The van der Waals surface area contributed by atoms with Crippen LogP contribution in [-0.2, 0) is 21.6 Å². The number of fused-ring (bicyclic) bond motifs is 3. The number of aromatic nitrogens is 1. The number of amides is 2. The molecule has 4 heterocycles. The Morgan fingerprint density at radius 1 is 1.05 bits per heavy atom. The second-order valence-corrected chi connectivity index (χ2v) is 12.8. The summed E-state index contributed by atoms with van der Waals surface area (Å²) in [6.07, 6.45) is 1.92. The molecule has 0 saturated carbocycles. The van der Waals surface area contributed by atoms with Gasteiger partial charge in [0.1, 0.15) is 11.2 Å². The van der Waals surface area contributed by atoms with E-state index in [4.69, 9.17) is 21.1 Å². The Morgan fingerprint density at radius 3 is 2.49 bits per heavy atom. The van der Waals surface area contributed by atoms with Crippen molar-refractivity contribution in [3.8, 4) is 0 Å². The summed E-state index contributed by atoms with van der Waals surface area (Å²) in [7, 11) is 0. The lowest BCUT2D eigenvalue weighted by Crippen LogP contribution is -2.61. The van der Waals surface area contributed by atoms with Crippen LogP contribution in [0.15, 0.2) is 48.7 Å². The molecule has 10 heteroatoms. The zero-order chi connectivity index (χ0) is 29.2. The lowest BCUT2D eigenvalue weighted by Gasteiger charge is -2.49. The number of likely N-dealkylation sites (tertiary alicyclic amines) is 1. The van der Waals surface area contributed by atoms with Crippen molar-refractivity contribution in [2.24, 2.45) is 5.41 Å². The fourth-order valence-corrected chi connectivity index (χ4v) is 6.70. The Morgan fingerprint density at radius 2 is 1.78 bits per heavy atom. The molecule has 2 fully saturated rings. The molecule has 0 aliphatic carbocycles. The second-order valence-electron chi connectivity index (χ2n) is 12.4. The highest BCUT2D eigenvalue weighted by Crippen LogP contribution is 2.45. The summed E-state index contributed by atoms with van der Waals surface area (Å²) in [5.41, 5.74) is 0.912. The summed E-state index contributed by atoms with van der Waals surface area (Å²) in [4.78, 5) is 41.6. The number of piperidine rings is 1. The molecule has 41 heavy (non-hydrogen) atoms. The van der Waals surface area contributed by atoms with E-state index in [1.807, 2.05) is 66.8 Å². The Bertz CT molecular complexity index is 1550. The standard InChI is InChI=1S/C31H34ClN3O6/c1-29(2,3)31(18-34(28(38)39)14-15-40-31)19-35-17-23(21-9-8-20(32)16-25(21)35)26(36)33-12-10-30(11-13-33)24-7-5-4-6-22(24)27(37)41-30/h4-9,16-17H,10-15,18-19H2,1-3H3,(H,38,39). The molecule has 3 aromatic rings. The van der Waals surface area contributed by atoms with Gasteiger partial charge in [-0.25, -0.2) is 9.59 Å². The lowest BCUT2D eigenvalue weighted by molar-refractivity contribution is -0.166.